The highest BCUT2D eigenvalue weighted by Gasteiger charge is 2.42. The molecule has 2 N–H and O–H groups in total. The molecular weight excluding hydrogens is 373 g/mol. The highest BCUT2D eigenvalue weighted by atomic mass is 35.5. The number of carbonyl (C=O) groups excluding carboxylic acids is 1. The second-order valence-corrected chi connectivity index (χ2v) is 8.20. The quantitative estimate of drug-likeness (QED) is 0.819. The monoisotopic (exact) mass is 397 g/mol. The number of piperidine rings is 1. The number of carbonyl (C=O) groups is 2. The molecule has 2 fully saturated rings. The Labute approximate surface area is 163 Å². The molecule has 2 aliphatic rings. The third-order valence-electron chi connectivity index (χ3n) is 5.52. The van der Waals surface area contributed by atoms with Crippen LogP contribution >= 0.6 is 11.6 Å². The Bertz CT molecular complexity index is 732. The molecule has 0 aromatic heterocycles. The van der Waals surface area contributed by atoms with Gasteiger partial charge in [-0.05, 0) is 50.4 Å². The number of aliphatic carboxylic acids is 1. The van der Waals surface area contributed by atoms with Crippen LogP contribution in [-0.4, -0.2) is 59.1 Å². The summed E-state index contributed by atoms with van der Waals surface area (Å²) in [5.74, 6) is -1.22. The highest BCUT2D eigenvalue weighted by Crippen LogP contribution is 2.30. The molecule has 2 saturated heterocycles. The minimum Gasteiger partial charge on any atom is -0.481 e. The van der Waals surface area contributed by atoms with Crippen molar-refractivity contribution in [2.45, 2.75) is 38.8 Å². The predicted octanol–water partition coefficient (Wildman–Crippen LogP) is 2.95. The van der Waals surface area contributed by atoms with E-state index in [1.54, 1.807) is 17.9 Å². The number of hydrogen-bond acceptors (Lipinski definition) is 3. The average molecular weight is 398 g/mol. The molecule has 8 heteroatoms. The Kier molecular flexibility index (Phi) is 5.91. The summed E-state index contributed by atoms with van der Waals surface area (Å²) >= 11 is 6.12. The van der Waals surface area contributed by atoms with Crippen molar-refractivity contribution in [2.75, 3.05) is 26.2 Å². The van der Waals surface area contributed by atoms with Crippen LogP contribution in [-0.2, 0) is 11.3 Å². The number of benzene rings is 1. The van der Waals surface area contributed by atoms with Gasteiger partial charge in [0.2, 0.25) is 0 Å². The Balaban J connectivity index is 1.54. The van der Waals surface area contributed by atoms with Crippen LogP contribution in [0.25, 0.3) is 0 Å². The van der Waals surface area contributed by atoms with Crippen LogP contribution in [0.1, 0.15) is 31.7 Å². The summed E-state index contributed by atoms with van der Waals surface area (Å²) in [5, 5.41) is 12.8. The van der Waals surface area contributed by atoms with E-state index < -0.39 is 11.4 Å². The number of hydrogen-bond donors (Lipinski definition) is 2. The minimum absolute atomic E-state index is 0.00200. The fraction of sp³-hybridized carbons (Fsp3) is 0.579. The summed E-state index contributed by atoms with van der Waals surface area (Å²) in [7, 11) is 0. The second kappa shape index (κ2) is 8.02. The Hall–Kier alpha value is -1.86. The molecule has 1 aromatic rings. The van der Waals surface area contributed by atoms with Crippen LogP contribution in [0.2, 0.25) is 5.02 Å². The first kappa shape index (κ1) is 19.9. The van der Waals surface area contributed by atoms with E-state index in [4.69, 9.17) is 11.6 Å². The van der Waals surface area contributed by atoms with Gasteiger partial charge in [-0.3, -0.25) is 9.69 Å². The van der Waals surface area contributed by atoms with Crippen molar-refractivity contribution in [1.82, 2.24) is 15.1 Å². The van der Waals surface area contributed by atoms with Crippen LogP contribution in [0.5, 0.6) is 0 Å². The molecule has 2 unspecified atom stereocenters. The van der Waals surface area contributed by atoms with Crippen molar-refractivity contribution in [2.24, 2.45) is 5.41 Å². The summed E-state index contributed by atoms with van der Waals surface area (Å²) in [6, 6.07) is 4.20. The van der Waals surface area contributed by atoms with Crippen LogP contribution in [0, 0.1) is 11.2 Å². The first-order valence-electron chi connectivity index (χ1n) is 9.22. The van der Waals surface area contributed by atoms with E-state index in [-0.39, 0.29) is 24.4 Å². The van der Waals surface area contributed by atoms with Gasteiger partial charge in [-0.25, -0.2) is 9.18 Å². The Morgan fingerprint density at radius 2 is 2.19 bits per heavy atom. The molecule has 3 rings (SSSR count). The Morgan fingerprint density at radius 3 is 2.85 bits per heavy atom. The van der Waals surface area contributed by atoms with E-state index in [0.29, 0.717) is 31.1 Å². The van der Waals surface area contributed by atoms with Crippen molar-refractivity contribution in [3.63, 3.8) is 0 Å². The topological polar surface area (TPSA) is 72.9 Å². The number of urea groups is 1. The zero-order valence-corrected chi connectivity index (χ0v) is 16.1. The molecule has 2 amide bonds. The van der Waals surface area contributed by atoms with Gasteiger partial charge >= 0.3 is 12.0 Å². The molecule has 1 aromatic carbocycles. The molecule has 0 saturated carbocycles. The number of likely N-dealkylation sites (tertiary alicyclic amines) is 2. The number of nitrogens with zero attached hydrogens (tertiary/aromatic N) is 2. The van der Waals surface area contributed by atoms with Crippen LogP contribution in [0.4, 0.5) is 9.18 Å². The number of carboxylic acids is 1. The smallest absolute Gasteiger partial charge is 0.317 e. The first-order chi connectivity index (χ1) is 12.8. The van der Waals surface area contributed by atoms with Gasteiger partial charge in [0.05, 0.1) is 5.41 Å². The molecule has 6 nitrogen and oxygen atoms in total. The van der Waals surface area contributed by atoms with E-state index in [2.05, 4.69) is 10.2 Å². The fourth-order valence-electron chi connectivity index (χ4n) is 3.78. The molecular formula is C19H25ClFN3O3. The van der Waals surface area contributed by atoms with Gasteiger partial charge in [-0.1, -0.05) is 17.7 Å². The summed E-state index contributed by atoms with van der Waals surface area (Å²) in [4.78, 5) is 27.6. The molecule has 0 radical (unpaired) electrons. The van der Waals surface area contributed by atoms with E-state index >= 15 is 0 Å². The van der Waals surface area contributed by atoms with Gasteiger partial charge in [0.1, 0.15) is 5.82 Å². The largest absolute Gasteiger partial charge is 0.481 e. The maximum Gasteiger partial charge on any atom is 0.317 e. The van der Waals surface area contributed by atoms with Gasteiger partial charge in [0.15, 0.2) is 0 Å². The van der Waals surface area contributed by atoms with Gasteiger partial charge in [-0.2, -0.15) is 0 Å². The molecule has 0 aliphatic carbocycles. The van der Waals surface area contributed by atoms with Gasteiger partial charge in [0.25, 0.3) is 0 Å². The molecule has 0 spiro atoms. The van der Waals surface area contributed by atoms with E-state index in [1.165, 1.54) is 12.1 Å². The summed E-state index contributed by atoms with van der Waals surface area (Å²) in [6.07, 6.45) is 2.29. The van der Waals surface area contributed by atoms with Crippen molar-refractivity contribution in [3.05, 3.63) is 34.6 Å². The molecule has 2 heterocycles. The van der Waals surface area contributed by atoms with Crippen LogP contribution < -0.4 is 5.32 Å². The molecule has 2 atom stereocenters. The fourth-order valence-corrected chi connectivity index (χ4v) is 4.01. The molecule has 27 heavy (non-hydrogen) atoms. The number of amides is 2. The zero-order chi connectivity index (χ0) is 19.6. The first-order valence-corrected chi connectivity index (χ1v) is 9.60. The predicted molar refractivity (Wildman–Crippen MR) is 100 cm³/mol. The van der Waals surface area contributed by atoms with E-state index in [9.17, 15) is 19.1 Å². The third kappa shape index (κ3) is 4.71. The molecule has 0 bridgehead atoms. The van der Waals surface area contributed by atoms with Gasteiger partial charge < -0.3 is 15.3 Å². The van der Waals surface area contributed by atoms with E-state index in [1.807, 2.05) is 0 Å². The maximum absolute atomic E-state index is 13.2. The normalized spacial score (nSPS) is 26.2. The molecule has 148 valence electrons. The highest BCUT2D eigenvalue weighted by molar-refractivity contribution is 6.31. The standard InChI is InChI=1S/C19H25ClFN3O3/c1-19(17(25)26)6-8-24(12-19)18(27)22-15-3-2-7-23(11-15)10-13-4-5-14(21)9-16(13)20/h4-5,9,15H,2-3,6-8,10-12H2,1H3,(H,22,27)(H,25,26). The number of halogens is 2. The minimum atomic E-state index is -0.866. The lowest BCUT2D eigenvalue weighted by Crippen LogP contribution is -2.51. The van der Waals surface area contributed by atoms with Crippen LogP contribution in [0.3, 0.4) is 0 Å². The van der Waals surface area contributed by atoms with Crippen molar-refractivity contribution in [3.8, 4) is 0 Å². The second-order valence-electron chi connectivity index (χ2n) is 7.80. The van der Waals surface area contributed by atoms with Gasteiger partial charge in [0, 0.05) is 37.2 Å². The maximum atomic E-state index is 13.2. The van der Waals surface area contributed by atoms with Gasteiger partial charge in [-0.15, -0.1) is 0 Å². The number of rotatable bonds is 4. The lowest BCUT2D eigenvalue weighted by molar-refractivity contribution is -0.147. The van der Waals surface area contributed by atoms with Crippen molar-refractivity contribution < 1.29 is 19.1 Å². The van der Waals surface area contributed by atoms with E-state index in [0.717, 1.165) is 24.9 Å². The summed E-state index contributed by atoms with van der Waals surface area (Å²) < 4.78 is 13.2. The molecule has 2 aliphatic heterocycles. The van der Waals surface area contributed by atoms with Crippen LogP contribution in [0.15, 0.2) is 18.2 Å². The average Bonchev–Trinajstić information content (AvgIpc) is 3.02. The Morgan fingerprint density at radius 1 is 1.41 bits per heavy atom. The number of carboxylic acid groups (broad SMARTS) is 1. The lowest BCUT2D eigenvalue weighted by atomic mass is 9.90. The SMILES string of the molecule is CC1(C(=O)O)CCN(C(=O)NC2CCCN(Cc3ccc(F)cc3Cl)C2)C1. The summed E-state index contributed by atoms with van der Waals surface area (Å²) in [5.41, 5.74) is -0.00301. The number of nitrogens with one attached hydrogen (secondary N) is 1. The van der Waals surface area contributed by atoms with Crippen molar-refractivity contribution in [1.29, 1.82) is 0 Å². The summed E-state index contributed by atoms with van der Waals surface area (Å²) in [6.45, 7) is 4.54. The van der Waals surface area contributed by atoms with Crippen molar-refractivity contribution >= 4 is 23.6 Å². The lowest BCUT2D eigenvalue weighted by Gasteiger charge is -2.34. The third-order valence-corrected chi connectivity index (χ3v) is 5.87. The zero-order valence-electron chi connectivity index (χ0n) is 15.4.